The Bertz CT molecular complexity index is 478. The molecule has 106 valence electrons. The summed E-state index contributed by atoms with van der Waals surface area (Å²) in [4.78, 5) is 11.8. The molecule has 1 aromatic carbocycles. The highest BCUT2D eigenvalue weighted by Gasteiger charge is 2.19. The van der Waals surface area contributed by atoms with E-state index in [9.17, 15) is 4.79 Å². The Labute approximate surface area is 123 Å². The predicted molar refractivity (Wildman–Crippen MR) is 81.4 cm³/mol. The van der Waals surface area contributed by atoms with Gasteiger partial charge >= 0.3 is 6.09 Å². The maximum atomic E-state index is 11.8. The minimum absolute atomic E-state index is 0.0818. The number of alkyl carbamates (subject to hydrolysis) is 1. The Kier molecular flexibility index (Phi) is 5.02. The standard InChI is InChI=1S/C15H22BrNO2/c1-9-10(2)13(16)8-7-12(9)11(3)17-14(18)19-15(4,5)6/h7-8,11H,1-6H3,(H,17,18). The first-order valence-electron chi connectivity index (χ1n) is 6.37. The lowest BCUT2D eigenvalue weighted by molar-refractivity contribution is 0.0508. The van der Waals surface area contributed by atoms with Crippen LogP contribution >= 0.6 is 15.9 Å². The van der Waals surface area contributed by atoms with Crippen LogP contribution in [0.3, 0.4) is 0 Å². The quantitative estimate of drug-likeness (QED) is 0.858. The summed E-state index contributed by atoms with van der Waals surface area (Å²) in [5, 5.41) is 2.86. The lowest BCUT2D eigenvalue weighted by atomic mass is 9.98. The molecule has 0 aliphatic rings. The summed E-state index contributed by atoms with van der Waals surface area (Å²) in [5.74, 6) is 0. The van der Waals surface area contributed by atoms with E-state index >= 15 is 0 Å². The SMILES string of the molecule is Cc1c(Br)ccc(C(C)NC(=O)OC(C)(C)C)c1C. The number of carbonyl (C=O) groups excluding carboxylic acids is 1. The van der Waals surface area contributed by atoms with Gasteiger partial charge in [0.1, 0.15) is 5.60 Å². The molecule has 1 unspecified atom stereocenters. The van der Waals surface area contributed by atoms with E-state index < -0.39 is 5.60 Å². The number of amides is 1. The van der Waals surface area contributed by atoms with Crippen molar-refractivity contribution in [3.05, 3.63) is 33.3 Å². The second kappa shape index (κ2) is 5.95. The van der Waals surface area contributed by atoms with E-state index in [0.29, 0.717) is 0 Å². The van der Waals surface area contributed by atoms with E-state index in [4.69, 9.17) is 4.74 Å². The van der Waals surface area contributed by atoms with Crippen LogP contribution in [0.5, 0.6) is 0 Å². The van der Waals surface area contributed by atoms with Crippen molar-refractivity contribution in [2.24, 2.45) is 0 Å². The summed E-state index contributed by atoms with van der Waals surface area (Å²) in [7, 11) is 0. The van der Waals surface area contributed by atoms with Crippen LogP contribution in [0.2, 0.25) is 0 Å². The van der Waals surface area contributed by atoms with Crippen molar-refractivity contribution in [1.29, 1.82) is 0 Å². The van der Waals surface area contributed by atoms with Crippen LogP contribution in [0.25, 0.3) is 0 Å². The van der Waals surface area contributed by atoms with Gasteiger partial charge in [0.05, 0.1) is 6.04 Å². The van der Waals surface area contributed by atoms with Gasteiger partial charge in [-0.25, -0.2) is 4.79 Å². The first-order valence-corrected chi connectivity index (χ1v) is 7.16. The third-order valence-corrected chi connectivity index (χ3v) is 3.82. The topological polar surface area (TPSA) is 38.3 Å². The van der Waals surface area contributed by atoms with Crippen LogP contribution in [0.4, 0.5) is 4.79 Å². The summed E-state index contributed by atoms with van der Waals surface area (Å²) in [6, 6.07) is 3.95. The normalized spacial score (nSPS) is 13.0. The van der Waals surface area contributed by atoms with Gasteiger partial charge in [-0.3, -0.25) is 0 Å². The average Bonchev–Trinajstić information content (AvgIpc) is 2.23. The molecule has 3 nitrogen and oxygen atoms in total. The number of ether oxygens (including phenoxy) is 1. The van der Waals surface area contributed by atoms with Crippen molar-refractivity contribution >= 4 is 22.0 Å². The molecule has 1 amide bonds. The van der Waals surface area contributed by atoms with Gasteiger partial charge in [0, 0.05) is 4.47 Å². The molecular formula is C15H22BrNO2. The molecule has 4 heteroatoms. The average molecular weight is 328 g/mol. The third-order valence-electron chi connectivity index (χ3n) is 2.96. The van der Waals surface area contributed by atoms with Crippen molar-refractivity contribution in [1.82, 2.24) is 5.32 Å². The highest BCUT2D eigenvalue weighted by Crippen LogP contribution is 2.26. The second-order valence-electron chi connectivity index (χ2n) is 5.75. The summed E-state index contributed by atoms with van der Waals surface area (Å²) in [6.45, 7) is 11.6. The molecular weight excluding hydrogens is 306 g/mol. The van der Waals surface area contributed by atoms with E-state index in [1.54, 1.807) is 0 Å². The zero-order valence-corrected chi connectivity index (χ0v) is 14.0. The van der Waals surface area contributed by atoms with E-state index in [1.807, 2.05) is 39.8 Å². The Balaban J connectivity index is 2.82. The first kappa shape index (κ1) is 16.0. The molecule has 1 atom stereocenters. The molecule has 0 aromatic heterocycles. The summed E-state index contributed by atoms with van der Waals surface area (Å²) in [6.07, 6.45) is -0.389. The molecule has 0 saturated carbocycles. The number of carbonyl (C=O) groups is 1. The minimum atomic E-state index is -0.478. The zero-order chi connectivity index (χ0) is 14.8. The Morgan fingerprint density at radius 2 is 1.84 bits per heavy atom. The predicted octanol–water partition coefficient (Wildman–Crippen LogP) is 4.65. The fraction of sp³-hybridized carbons (Fsp3) is 0.533. The maximum absolute atomic E-state index is 11.8. The number of halogens is 1. The monoisotopic (exact) mass is 327 g/mol. The van der Waals surface area contributed by atoms with Gasteiger partial charge in [-0.2, -0.15) is 0 Å². The largest absolute Gasteiger partial charge is 0.444 e. The Hall–Kier alpha value is -1.03. The first-order chi connectivity index (χ1) is 8.61. The van der Waals surface area contributed by atoms with Crippen LogP contribution < -0.4 is 5.32 Å². The van der Waals surface area contributed by atoms with Crippen molar-refractivity contribution in [3.63, 3.8) is 0 Å². The molecule has 0 spiro atoms. The van der Waals surface area contributed by atoms with Crippen molar-refractivity contribution in [2.45, 2.75) is 53.2 Å². The van der Waals surface area contributed by atoms with E-state index in [-0.39, 0.29) is 12.1 Å². The smallest absolute Gasteiger partial charge is 0.408 e. The summed E-state index contributed by atoms with van der Waals surface area (Å²) >= 11 is 3.51. The Morgan fingerprint density at radius 1 is 1.26 bits per heavy atom. The third kappa shape index (κ3) is 4.53. The zero-order valence-electron chi connectivity index (χ0n) is 12.4. The highest BCUT2D eigenvalue weighted by molar-refractivity contribution is 9.10. The van der Waals surface area contributed by atoms with Crippen molar-refractivity contribution in [2.75, 3.05) is 0 Å². The maximum Gasteiger partial charge on any atom is 0.408 e. The molecule has 0 fully saturated rings. The van der Waals surface area contributed by atoms with Gasteiger partial charge in [0.25, 0.3) is 0 Å². The number of benzene rings is 1. The molecule has 1 aromatic rings. The van der Waals surface area contributed by atoms with Gasteiger partial charge in [-0.05, 0) is 64.3 Å². The van der Waals surface area contributed by atoms with Crippen LogP contribution in [0.1, 0.15) is 50.4 Å². The molecule has 19 heavy (non-hydrogen) atoms. The molecule has 1 rings (SSSR count). The molecule has 1 N–H and O–H groups in total. The number of hydrogen-bond donors (Lipinski definition) is 1. The highest BCUT2D eigenvalue weighted by atomic mass is 79.9. The van der Waals surface area contributed by atoms with Gasteiger partial charge in [-0.15, -0.1) is 0 Å². The van der Waals surface area contributed by atoms with Gasteiger partial charge < -0.3 is 10.1 Å². The molecule has 0 aliphatic heterocycles. The van der Waals surface area contributed by atoms with Gasteiger partial charge in [-0.1, -0.05) is 22.0 Å². The van der Waals surface area contributed by atoms with E-state index in [0.717, 1.165) is 10.0 Å². The molecule has 0 saturated heterocycles. The summed E-state index contributed by atoms with van der Waals surface area (Å²) < 4.78 is 6.35. The lowest BCUT2D eigenvalue weighted by Crippen LogP contribution is -2.34. The molecule has 0 bridgehead atoms. The van der Waals surface area contributed by atoms with Crippen LogP contribution in [-0.4, -0.2) is 11.7 Å². The van der Waals surface area contributed by atoms with Crippen molar-refractivity contribution in [3.8, 4) is 0 Å². The summed E-state index contributed by atoms with van der Waals surface area (Å²) in [5.41, 5.74) is 2.99. The van der Waals surface area contributed by atoms with E-state index in [2.05, 4.69) is 35.1 Å². The van der Waals surface area contributed by atoms with Gasteiger partial charge in [0.15, 0.2) is 0 Å². The molecule has 0 heterocycles. The van der Waals surface area contributed by atoms with Crippen LogP contribution in [0, 0.1) is 13.8 Å². The molecule has 0 radical (unpaired) electrons. The van der Waals surface area contributed by atoms with Crippen LogP contribution in [-0.2, 0) is 4.74 Å². The minimum Gasteiger partial charge on any atom is -0.444 e. The van der Waals surface area contributed by atoms with Crippen LogP contribution in [0.15, 0.2) is 16.6 Å². The van der Waals surface area contributed by atoms with Crippen molar-refractivity contribution < 1.29 is 9.53 Å². The number of hydrogen-bond acceptors (Lipinski definition) is 2. The second-order valence-corrected chi connectivity index (χ2v) is 6.61. The lowest BCUT2D eigenvalue weighted by Gasteiger charge is -2.23. The Morgan fingerprint density at radius 3 is 2.37 bits per heavy atom. The molecule has 0 aliphatic carbocycles. The number of rotatable bonds is 2. The fourth-order valence-electron chi connectivity index (χ4n) is 1.84. The fourth-order valence-corrected chi connectivity index (χ4v) is 2.27. The van der Waals surface area contributed by atoms with Gasteiger partial charge in [0.2, 0.25) is 0 Å². The number of nitrogens with one attached hydrogen (secondary N) is 1. The van der Waals surface area contributed by atoms with E-state index in [1.165, 1.54) is 11.1 Å².